The molecule has 2 aliphatic rings. The van der Waals surface area contributed by atoms with Crippen LogP contribution in [0.5, 0.6) is 5.75 Å². The van der Waals surface area contributed by atoms with Crippen LogP contribution in [0.1, 0.15) is 24.8 Å². The van der Waals surface area contributed by atoms with Crippen LogP contribution in [-0.2, 0) is 11.3 Å². The first-order valence-corrected chi connectivity index (χ1v) is 8.44. The van der Waals surface area contributed by atoms with Crippen molar-refractivity contribution >= 4 is 17.5 Å². The quantitative estimate of drug-likeness (QED) is 0.882. The van der Waals surface area contributed by atoms with Gasteiger partial charge in [-0.2, -0.15) is 0 Å². The number of nitrogens with zero attached hydrogens (tertiary/aromatic N) is 1. The number of piperidine rings is 2. The van der Waals surface area contributed by atoms with Crippen molar-refractivity contribution in [2.75, 3.05) is 26.7 Å². The van der Waals surface area contributed by atoms with E-state index in [1.54, 1.807) is 7.11 Å². The molecule has 2 aliphatic heterocycles. The number of amides is 1. The number of halogens is 1. The number of hydrogen-bond donors (Lipinski definition) is 2. The molecule has 1 spiro atoms. The summed E-state index contributed by atoms with van der Waals surface area (Å²) in [6.45, 7) is 2.79. The lowest BCUT2D eigenvalue weighted by Gasteiger charge is -2.47. The zero-order chi connectivity index (χ0) is 16.4. The number of likely N-dealkylation sites (tertiary alicyclic amines) is 1. The van der Waals surface area contributed by atoms with Crippen LogP contribution < -0.4 is 10.1 Å². The van der Waals surface area contributed by atoms with Gasteiger partial charge in [0.2, 0.25) is 5.91 Å². The van der Waals surface area contributed by atoms with E-state index in [0.29, 0.717) is 36.8 Å². The predicted octanol–water partition coefficient (Wildman–Crippen LogP) is 1.81. The van der Waals surface area contributed by atoms with Crippen LogP contribution in [0.3, 0.4) is 0 Å². The Labute approximate surface area is 141 Å². The van der Waals surface area contributed by atoms with E-state index in [-0.39, 0.29) is 5.91 Å². The van der Waals surface area contributed by atoms with Crippen LogP contribution in [0, 0.1) is 5.41 Å². The highest BCUT2D eigenvalue weighted by Gasteiger charge is 2.49. The maximum atomic E-state index is 12.4. The van der Waals surface area contributed by atoms with Crippen molar-refractivity contribution in [1.29, 1.82) is 0 Å². The molecule has 2 N–H and O–H groups in total. The maximum absolute atomic E-state index is 12.4. The molecule has 2 heterocycles. The van der Waals surface area contributed by atoms with Crippen LogP contribution in [0.2, 0.25) is 5.02 Å². The number of benzene rings is 1. The van der Waals surface area contributed by atoms with Gasteiger partial charge in [-0.25, -0.2) is 0 Å². The highest BCUT2D eigenvalue weighted by Crippen LogP contribution is 2.38. The molecule has 0 aliphatic carbocycles. The number of hydrogen-bond acceptors (Lipinski definition) is 4. The Balaban J connectivity index is 1.74. The molecule has 126 valence electrons. The molecule has 0 saturated carbocycles. The van der Waals surface area contributed by atoms with Gasteiger partial charge < -0.3 is 15.2 Å². The summed E-state index contributed by atoms with van der Waals surface area (Å²) in [5.74, 6) is 0.654. The fourth-order valence-corrected chi connectivity index (χ4v) is 4.01. The normalized spacial score (nSPS) is 28.7. The van der Waals surface area contributed by atoms with Crippen LogP contribution >= 0.6 is 11.6 Å². The van der Waals surface area contributed by atoms with Crippen molar-refractivity contribution in [3.63, 3.8) is 0 Å². The Morgan fingerprint density at radius 1 is 1.52 bits per heavy atom. The predicted molar refractivity (Wildman–Crippen MR) is 88.6 cm³/mol. The standard InChI is InChI=1S/C17H23ClN2O3/c1-23-14-4-3-12(9-13(14)18)10-20-8-5-15(21)17(11-20)6-2-7-19-16(17)22/h3-4,9,15,21H,2,5-8,10-11H2,1H3,(H,19,22)/t15-,17+/m0/s1. The minimum atomic E-state index is -0.660. The van der Waals surface area contributed by atoms with Gasteiger partial charge in [-0.15, -0.1) is 0 Å². The van der Waals surface area contributed by atoms with Gasteiger partial charge in [0.15, 0.2) is 0 Å². The van der Waals surface area contributed by atoms with Crippen molar-refractivity contribution in [1.82, 2.24) is 10.2 Å². The molecule has 2 fully saturated rings. The third-order valence-corrected chi connectivity index (χ3v) is 5.32. The topological polar surface area (TPSA) is 61.8 Å². The smallest absolute Gasteiger partial charge is 0.230 e. The Morgan fingerprint density at radius 3 is 3.04 bits per heavy atom. The summed E-state index contributed by atoms with van der Waals surface area (Å²) in [7, 11) is 1.60. The summed E-state index contributed by atoms with van der Waals surface area (Å²) >= 11 is 6.19. The minimum absolute atomic E-state index is 0.00582. The van der Waals surface area contributed by atoms with Crippen molar-refractivity contribution in [3.05, 3.63) is 28.8 Å². The number of aliphatic hydroxyl groups is 1. The second-order valence-electron chi connectivity index (χ2n) is 6.50. The SMILES string of the molecule is COc1ccc(CN2CC[C@H](O)[C@@]3(CCCNC3=O)C2)cc1Cl. The van der Waals surface area contributed by atoms with Crippen molar-refractivity contribution < 1.29 is 14.6 Å². The summed E-state index contributed by atoms with van der Waals surface area (Å²) in [5, 5.41) is 13.9. The average Bonchev–Trinajstić information content (AvgIpc) is 2.54. The number of aliphatic hydroxyl groups excluding tert-OH is 1. The molecule has 2 saturated heterocycles. The fourth-order valence-electron chi connectivity index (χ4n) is 3.73. The van der Waals surface area contributed by atoms with Crippen LogP contribution in [0.15, 0.2) is 18.2 Å². The van der Waals surface area contributed by atoms with Gasteiger partial charge in [-0.3, -0.25) is 9.69 Å². The van der Waals surface area contributed by atoms with E-state index in [0.717, 1.165) is 24.9 Å². The Morgan fingerprint density at radius 2 is 2.35 bits per heavy atom. The van der Waals surface area contributed by atoms with Gasteiger partial charge in [-0.05, 0) is 37.0 Å². The largest absolute Gasteiger partial charge is 0.495 e. The minimum Gasteiger partial charge on any atom is -0.495 e. The number of carbonyl (C=O) groups is 1. The molecule has 1 aromatic carbocycles. The van der Waals surface area contributed by atoms with E-state index < -0.39 is 11.5 Å². The molecule has 5 nitrogen and oxygen atoms in total. The van der Waals surface area contributed by atoms with E-state index in [1.807, 2.05) is 18.2 Å². The van der Waals surface area contributed by atoms with E-state index in [9.17, 15) is 9.90 Å². The lowest BCUT2D eigenvalue weighted by Crippen LogP contribution is -2.61. The lowest BCUT2D eigenvalue weighted by atomic mass is 9.71. The zero-order valence-corrected chi connectivity index (χ0v) is 14.1. The van der Waals surface area contributed by atoms with Crippen molar-refractivity contribution in [2.24, 2.45) is 5.41 Å². The van der Waals surface area contributed by atoms with E-state index in [4.69, 9.17) is 16.3 Å². The summed E-state index contributed by atoms with van der Waals surface area (Å²) < 4.78 is 5.18. The molecular formula is C17H23ClN2O3. The maximum Gasteiger partial charge on any atom is 0.230 e. The number of carbonyl (C=O) groups excluding carboxylic acids is 1. The molecular weight excluding hydrogens is 316 g/mol. The monoisotopic (exact) mass is 338 g/mol. The molecule has 23 heavy (non-hydrogen) atoms. The van der Waals surface area contributed by atoms with E-state index in [2.05, 4.69) is 10.2 Å². The second kappa shape index (κ2) is 6.67. The second-order valence-corrected chi connectivity index (χ2v) is 6.91. The first kappa shape index (κ1) is 16.6. The average molecular weight is 339 g/mol. The Bertz CT molecular complexity index is 595. The lowest BCUT2D eigenvalue weighted by molar-refractivity contribution is -0.149. The van der Waals surface area contributed by atoms with Crippen molar-refractivity contribution in [3.8, 4) is 5.75 Å². The van der Waals surface area contributed by atoms with Gasteiger partial charge in [0.1, 0.15) is 5.75 Å². The highest BCUT2D eigenvalue weighted by molar-refractivity contribution is 6.32. The number of nitrogens with one attached hydrogen (secondary N) is 1. The van der Waals surface area contributed by atoms with Crippen molar-refractivity contribution in [2.45, 2.75) is 31.9 Å². The third kappa shape index (κ3) is 3.18. The molecule has 2 atom stereocenters. The van der Waals surface area contributed by atoms with Gasteiger partial charge in [0.05, 0.1) is 23.7 Å². The van der Waals surface area contributed by atoms with Crippen LogP contribution in [0.25, 0.3) is 0 Å². The molecule has 0 unspecified atom stereocenters. The Hall–Kier alpha value is -1.30. The number of ether oxygens (including phenoxy) is 1. The summed E-state index contributed by atoms with van der Waals surface area (Å²) in [5.41, 5.74) is 0.422. The summed E-state index contributed by atoms with van der Waals surface area (Å²) in [6, 6.07) is 5.75. The summed E-state index contributed by atoms with van der Waals surface area (Å²) in [6.07, 6.45) is 1.74. The summed E-state index contributed by atoms with van der Waals surface area (Å²) in [4.78, 5) is 14.6. The Kier molecular flexibility index (Phi) is 4.80. The van der Waals surface area contributed by atoms with Crippen LogP contribution in [-0.4, -0.2) is 48.8 Å². The number of methoxy groups -OCH3 is 1. The highest BCUT2D eigenvalue weighted by atomic mass is 35.5. The molecule has 6 heteroatoms. The van der Waals surface area contributed by atoms with Gasteiger partial charge in [-0.1, -0.05) is 17.7 Å². The number of rotatable bonds is 3. The van der Waals surface area contributed by atoms with Gasteiger partial charge >= 0.3 is 0 Å². The zero-order valence-electron chi connectivity index (χ0n) is 13.3. The third-order valence-electron chi connectivity index (χ3n) is 5.02. The van der Waals surface area contributed by atoms with Crippen LogP contribution in [0.4, 0.5) is 0 Å². The molecule has 0 bridgehead atoms. The van der Waals surface area contributed by atoms with Gasteiger partial charge in [0.25, 0.3) is 0 Å². The first-order chi connectivity index (χ1) is 11.0. The molecule has 1 amide bonds. The van der Waals surface area contributed by atoms with E-state index in [1.165, 1.54) is 0 Å². The first-order valence-electron chi connectivity index (χ1n) is 8.06. The van der Waals surface area contributed by atoms with Gasteiger partial charge in [0, 0.05) is 26.2 Å². The molecule has 0 radical (unpaired) electrons. The molecule has 1 aromatic rings. The molecule has 3 rings (SSSR count). The van der Waals surface area contributed by atoms with E-state index >= 15 is 0 Å². The molecule has 0 aromatic heterocycles. The fraction of sp³-hybridized carbons (Fsp3) is 0.588.